The second-order valence-electron chi connectivity index (χ2n) is 5.90. The molecule has 3 aromatic rings. The maximum Gasteiger partial charge on any atom is 0.191 e. The van der Waals surface area contributed by atoms with Crippen molar-refractivity contribution in [2.24, 2.45) is 4.99 Å². The SMILES string of the molecule is CCc1noc(CC)c1CNC(=NC)NCc1cc2ccccc2[nH]1.I. The lowest BCUT2D eigenvalue weighted by molar-refractivity contribution is 0.380. The Morgan fingerprint density at radius 3 is 2.62 bits per heavy atom. The van der Waals surface area contributed by atoms with E-state index in [-0.39, 0.29) is 24.0 Å². The van der Waals surface area contributed by atoms with Gasteiger partial charge in [-0.05, 0) is 23.9 Å². The van der Waals surface area contributed by atoms with Crippen LogP contribution in [0.1, 0.15) is 36.6 Å². The van der Waals surface area contributed by atoms with Crippen LogP contribution >= 0.6 is 24.0 Å². The molecule has 6 nitrogen and oxygen atoms in total. The molecular weight excluding hydrogens is 441 g/mol. The number of fused-ring (bicyclic) bond motifs is 1. The standard InChI is InChI=1S/C19H25N5O.HI/c1-4-16-15(18(5-2)25-24-16)12-22-19(20-3)21-11-14-10-13-8-6-7-9-17(13)23-14;/h6-10,23H,4-5,11-12H2,1-3H3,(H2,20,21,22);1H. The van der Waals surface area contributed by atoms with Crippen LogP contribution in [-0.4, -0.2) is 23.1 Å². The Morgan fingerprint density at radius 1 is 1.15 bits per heavy atom. The minimum absolute atomic E-state index is 0. The van der Waals surface area contributed by atoms with Crippen molar-refractivity contribution in [2.75, 3.05) is 7.05 Å². The summed E-state index contributed by atoms with van der Waals surface area (Å²) < 4.78 is 5.41. The zero-order valence-corrected chi connectivity index (χ0v) is 17.8. The molecule has 1 aromatic carbocycles. The Balaban J connectivity index is 0.00000243. The van der Waals surface area contributed by atoms with Crippen molar-refractivity contribution in [1.29, 1.82) is 0 Å². The zero-order valence-electron chi connectivity index (χ0n) is 15.4. The summed E-state index contributed by atoms with van der Waals surface area (Å²) in [5, 5.41) is 12.1. The van der Waals surface area contributed by atoms with Gasteiger partial charge in [0.25, 0.3) is 0 Å². The summed E-state index contributed by atoms with van der Waals surface area (Å²) in [6, 6.07) is 10.4. The van der Waals surface area contributed by atoms with Crippen molar-refractivity contribution in [2.45, 2.75) is 39.8 Å². The average Bonchev–Trinajstić information content (AvgIpc) is 3.24. The lowest BCUT2D eigenvalue weighted by atomic mass is 10.1. The number of aliphatic imine (C=N–C) groups is 1. The summed E-state index contributed by atoms with van der Waals surface area (Å²) in [6.45, 7) is 5.50. The third-order valence-corrected chi connectivity index (χ3v) is 4.30. The fraction of sp³-hybridized carbons (Fsp3) is 0.368. The number of aromatic amines is 1. The molecule has 7 heteroatoms. The highest BCUT2D eigenvalue weighted by Crippen LogP contribution is 2.16. The largest absolute Gasteiger partial charge is 0.361 e. The number of halogens is 1. The van der Waals surface area contributed by atoms with E-state index in [0.717, 1.165) is 47.0 Å². The molecule has 3 rings (SSSR count). The van der Waals surface area contributed by atoms with Gasteiger partial charge in [-0.15, -0.1) is 24.0 Å². The zero-order chi connectivity index (χ0) is 17.6. The van der Waals surface area contributed by atoms with Gasteiger partial charge in [0.15, 0.2) is 5.96 Å². The second-order valence-corrected chi connectivity index (χ2v) is 5.90. The van der Waals surface area contributed by atoms with Crippen molar-refractivity contribution < 1.29 is 4.52 Å². The van der Waals surface area contributed by atoms with Gasteiger partial charge in [-0.25, -0.2) is 0 Å². The molecule has 26 heavy (non-hydrogen) atoms. The average molecular weight is 467 g/mol. The van der Waals surface area contributed by atoms with E-state index in [9.17, 15) is 0 Å². The predicted molar refractivity (Wildman–Crippen MR) is 116 cm³/mol. The molecule has 0 saturated heterocycles. The van der Waals surface area contributed by atoms with E-state index in [0.29, 0.717) is 13.1 Å². The van der Waals surface area contributed by atoms with Gasteiger partial charge < -0.3 is 20.1 Å². The van der Waals surface area contributed by atoms with Crippen LogP contribution in [0.4, 0.5) is 0 Å². The normalized spacial score (nSPS) is 11.4. The first-order chi connectivity index (χ1) is 12.2. The predicted octanol–water partition coefficient (Wildman–Crippen LogP) is 3.76. The number of nitrogens with zero attached hydrogens (tertiary/aromatic N) is 2. The van der Waals surface area contributed by atoms with Gasteiger partial charge in [0, 0.05) is 36.8 Å². The lowest BCUT2D eigenvalue weighted by Crippen LogP contribution is -2.36. The van der Waals surface area contributed by atoms with Crippen LogP contribution in [0.25, 0.3) is 10.9 Å². The third kappa shape index (κ3) is 4.57. The van der Waals surface area contributed by atoms with Crippen molar-refractivity contribution >= 4 is 40.8 Å². The third-order valence-electron chi connectivity index (χ3n) is 4.30. The van der Waals surface area contributed by atoms with E-state index < -0.39 is 0 Å². The van der Waals surface area contributed by atoms with Crippen molar-refractivity contribution in [1.82, 2.24) is 20.8 Å². The number of nitrogens with one attached hydrogen (secondary N) is 3. The quantitative estimate of drug-likeness (QED) is 0.293. The first kappa shape index (κ1) is 20.3. The molecule has 0 fully saturated rings. The Hall–Kier alpha value is -2.03. The van der Waals surface area contributed by atoms with E-state index >= 15 is 0 Å². The fourth-order valence-electron chi connectivity index (χ4n) is 2.94. The summed E-state index contributed by atoms with van der Waals surface area (Å²) in [6.07, 6.45) is 1.70. The number of para-hydroxylation sites is 1. The highest BCUT2D eigenvalue weighted by molar-refractivity contribution is 14.0. The van der Waals surface area contributed by atoms with Gasteiger partial charge >= 0.3 is 0 Å². The van der Waals surface area contributed by atoms with Crippen LogP contribution in [-0.2, 0) is 25.9 Å². The van der Waals surface area contributed by atoms with Crippen molar-refractivity contribution in [3.63, 3.8) is 0 Å². The summed E-state index contributed by atoms with van der Waals surface area (Å²) in [5.41, 5.74) is 4.42. The Kier molecular flexibility index (Phi) is 7.50. The summed E-state index contributed by atoms with van der Waals surface area (Å²) >= 11 is 0. The summed E-state index contributed by atoms with van der Waals surface area (Å²) in [4.78, 5) is 7.71. The summed E-state index contributed by atoms with van der Waals surface area (Å²) in [5.74, 6) is 1.69. The first-order valence-corrected chi connectivity index (χ1v) is 8.72. The van der Waals surface area contributed by atoms with Crippen molar-refractivity contribution in [3.8, 4) is 0 Å². The molecule has 0 saturated carbocycles. The highest BCUT2D eigenvalue weighted by atomic mass is 127. The molecule has 0 spiro atoms. The molecule has 0 aliphatic carbocycles. The summed E-state index contributed by atoms with van der Waals surface area (Å²) in [7, 11) is 1.77. The van der Waals surface area contributed by atoms with Crippen LogP contribution in [0, 0.1) is 0 Å². The maximum absolute atomic E-state index is 5.41. The lowest BCUT2D eigenvalue weighted by Gasteiger charge is -2.11. The Bertz CT molecular complexity index is 813. The number of aryl methyl sites for hydroxylation is 2. The number of hydrogen-bond acceptors (Lipinski definition) is 3. The van der Waals surface area contributed by atoms with Gasteiger partial charge in [0.1, 0.15) is 5.76 Å². The molecule has 140 valence electrons. The molecule has 0 bridgehead atoms. The number of guanidine groups is 1. The van der Waals surface area contributed by atoms with Crippen LogP contribution in [0.5, 0.6) is 0 Å². The monoisotopic (exact) mass is 467 g/mol. The minimum Gasteiger partial charge on any atom is -0.361 e. The van der Waals surface area contributed by atoms with Gasteiger partial charge in [0.05, 0.1) is 12.2 Å². The molecule has 0 aliphatic heterocycles. The molecule has 0 amide bonds. The minimum atomic E-state index is 0. The van der Waals surface area contributed by atoms with Gasteiger partial charge in [-0.3, -0.25) is 4.99 Å². The fourth-order valence-corrected chi connectivity index (χ4v) is 2.94. The van der Waals surface area contributed by atoms with Crippen LogP contribution in [0.15, 0.2) is 39.8 Å². The number of hydrogen-bond donors (Lipinski definition) is 3. The maximum atomic E-state index is 5.41. The molecule has 0 atom stereocenters. The topological polar surface area (TPSA) is 78.2 Å². The number of H-pyrrole nitrogens is 1. The molecule has 2 heterocycles. The van der Waals surface area contributed by atoms with Gasteiger partial charge in [-0.1, -0.05) is 37.2 Å². The second kappa shape index (κ2) is 9.61. The first-order valence-electron chi connectivity index (χ1n) is 8.72. The van der Waals surface area contributed by atoms with E-state index in [1.165, 1.54) is 5.39 Å². The molecule has 0 unspecified atom stereocenters. The number of benzene rings is 1. The van der Waals surface area contributed by atoms with Gasteiger partial charge in [-0.2, -0.15) is 0 Å². The molecule has 3 N–H and O–H groups in total. The molecule has 0 aliphatic rings. The van der Waals surface area contributed by atoms with E-state index in [1.807, 2.05) is 12.1 Å². The molecule has 0 radical (unpaired) electrons. The number of rotatable bonds is 6. The Morgan fingerprint density at radius 2 is 1.92 bits per heavy atom. The smallest absolute Gasteiger partial charge is 0.191 e. The van der Waals surface area contributed by atoms with Crippen LogP contribution in [0.3, 0.4) is 0 Å². The van der Waals surface area contributed by atoms with E-state index in [1.54, 1.807) is 7.05 Å². The molecule has 2 aromatic heterocycles. The van der Waals surface area contributed by atoms with Gasteiger partial charge in [0.2, 0.25) is 0 Å². The van der Waals surface area contributed by atoms with E-state index in [2.05, 4.69) is 57.8 Å². The Labute approximate surface area is 170 Å². The molecular formula is C19H26IN5O. The highest BCUT2D eigenvalue weighted by Gasteiger charge is 2.13. The number of aromatic nitrogens is 2. The van der Waals surface area contributed by atoms with Crippen LogP contribution in [0.2, 0.25) is 0 Å². The van der Waals surface area contributed by atoms with Crippen LogP contribution < -0.4 is 10.6 Å². The van der Waals surface area contributed by atoms with E-state index in [4.69, 9.17) is 4.52 Å². The van der Waals surface area contributed by atoms with Crippen molar-refractivity contribution in [3.05, 3.63) is 53.0 Å².